The zero-order chi connectivity index (χ0) is 17.4. The maximum absolute atomic E-state index is 12.0. The van der Waals surface area contributed by atoms with Crippen molar-refractivity contribution in [2.24, 2.45) is 0 Å². The molecule has 3 heterocycles. The van der Waals surface area contributed by atoms with Crippen LogP contribution < -0.4 is 15.5 Å². The van der Waals surface area contributed by atoms with Crippen LogP contribution in [0, 0.1) is 0 Å². The van der Waals surface area contributed by atoms with Gasteiger partial charge in [-0.2, -0.15) is 4.52 Å². The Labute approximate surface area is 147 Å². The van der Waals surface area contributed by atoms with Crippen LogP contribution in [0.5, 0.6) is 0 Å². The van der Waals surface area contributed by atoms with Gasteiger partial charge >= 0.3 is 6.03 Å². The molecule has 2 aliphatic rings. The number of nitrogens with one attached hydrogen (secondary N) is 2. The summed E-state index contributed by atoms with van der Waals surface area (Å²) in [5.74, 6) is 2.40. The van der Waals surface area contributed by atoms with Crippen LogP contribution in [-0.4, -0.2) is 51.0 Å². The lowest BCUT2D eigenvalue weighted by Crippen LogP contribution is -2.51. The van der Waals surface area contributed by atoms with Crippen LogP contribution in [0.1, 0.15) is 51.3 Å². The van der Waals surface area contributed by atoms with Crippen LogP contribution >= 0.6 is 0 Å². The molecule has 1 unspecified atom stereocenters. The van der Waals surface area contributed by atoms with Gasteiger partial charge in [0.15, 0.2) is 11.5 Å². The molecule has 2 aromatic heterocycles. The number of nitrogens with zero attached hydrogens (tertiary/aromatic N) is 5. The number of aromatic nitrogens is 4. The Morgan fingerprint density at radius 2 is 2.08 bits per heavy atom. The minimum absolute atomic E-state index is 0.0971. The van der Waals surface area contributed by atoms with Crippen molar-refractivity contribution in [3.05, 3.63) is 18.0 Å². The number of rotatable bonds is 4. The molecule has 2 aromatic rings. The molecule has 1 saturated heterocycles. The van der Waals surface area contributed by atoms with Gasteiger partial charge in [-0.25, -0.2) is 4.79 Å². The van der Waals surface area contributed by atoms with Crippen LogP contribution in [-0.2, 0) is 0 Å². The number of carbonyl (C=O) groups excluding carboxylic acids is 1. The molecule has 1 aliphatic carbocycles. The summed E-state index contributed by atoms with van der Waals surface area (Å²) in [5, 5.41) is 19.2. The summed E-state index contributed by atoms with van der Waals surface area (Å²) in [5.41, 5.74) is 0.800. The van der Waals surface area contributed by atoms with Gasteiger partial charge in [0.1, 0.15) is 5.82 Å². The molecular weight excluding hydrogens is 318 g/mol. The van der Waals surface area contributed by atoms with Crippen molar-refractivity contribution in [3.8, 4) is 0 Å². The summed E-state index contributed by atoms with van der Waals surface area (Å²) in [6.45, 7) is 5.64. The number of piperidine rings is 1. The highest BCUT2D eigenvalue weighted by atomic mass is 16.2. The van der Waals surface area contributed by atoms with Crippen molar-refractivity contribution in [2.75, 3.05) is 18.0 Å². The van der Waals surface area contributed by atoms with E-state index in [1.807, 2.05) is 30.5 Å². The highest BCUT2D eigenvalue weighted by molar-refractivity contribution is 5.74. The van der Waals surface area contributed by atoms with Crippen LogP contribution in [0.3, 0.4) is 0 Å². The van der Waals surface area contributed by atoms with Gasteiger partial charge in [0.25, 0.3) is 0 Å². The first-order valence-corrected chi connectivity index (χ1v) is 9.14. The molecule has 1 saturated carbocycles. The molecule has 2 fully saturated rings. The first-order valence-electron chi connectivity index (χ1n) is 9.14. The van der Waals surface area contributed by atoms with E-state index in [2.05, 4.69) is 25.7 Å². The Hall–Kier alpha value is -2.38. The molecule has 0 aromatic carbocycles. The zero-order valence-corrected chi connectivity index (χ0v) is 14.8. The molecule has 4 rings (SSSR count). The maximum Gasteiger partial charge on any atom is 0.315 e. The number of hydrogen-bond acceptors (Lipinski definition) is 5. The molecule has 8 heteroatoms. The Morgan fingerprint density at radius 1 is 1.24 bits per heavy atom. The van der Waals surface area contributed by atoms with Gasteiger partial charge in [-0.15, -0.1) is 15.3 Å². The average Bonchev–Trinajstić information content (AvgIpc) is 3.33. The first-order chi connectivity index (χ1) is 12.1. The summed E-state index contributed by atoms with van der Waals surface area (Å²) in [7, 11) is 0. The normalized spacial score (nSPS) is 20.9. The Balaban J connectivity index is 1.48. The van der Waals surface area contributed by atoms with Crippen molar-refractivity contribution in [1.29, 1.82) is 0 Å². The lowest BCUT2D eigenvalue weighted by atomic mass is 10.1. The quantitative estimate of drug-likeness (QED) is 0.882. The van der Waals surface area contributed by atoms with Crippen LogP contribution in [0.4, 0.5) is 10.6 Å². The molecule has 0 radical (unpaired) electrons. The third-order valence-electron chi connectivity index (χ3n) is 4.72. The Morgan fingerprint density at radius 3 is 2.84 bits per heavy atom. The number of carbonyl (C=O) groups is 1. The molecule has 1 atom stereocenters. The molecule has 1 aliphatic heterocycles. The fourth-order valence-electron chi connectivity index (χ4n) is 3.35. The molecule has 134 valence electrons. The van der Waals surface area contributed by atoms with Gasteiger partial charge in [0.05, 0.1) is 0 Å². The third-order valence-corrected chi connectivity index (χ3v) is 4.72. The van der Waals surface area contributed by atoms with Gasteiger partial charge in [-0.3, -0.25) is 0 Å². The van der Waals surface area contributed by atoms with Crippen LogP contribution in [0.2, 0.25) is 0 Å². The summed E-state index contributed by atoms with van der Waals surface area (Å²) < 4.78 is 1.88. The summed E-state index contributed by atoms with van der Waals surface area (Å²) >= 11 is 0. The molecule has 0 spiro atoms. The number of urea groups is 1. The van der Waals surface area contributed by atoms with E-state index in [4.69, 9.17) is 5.10 Å². The first kappa shape index (κ1) is 16.1. The monoisotopic (exact) mass is 343 g/mol. The van der Waals surface area contributed by atoms with Crippen molar-refractivity contribution in [1.82, 2.24) is 30.4 Å². The number of amides is 2. The zero-order valence-electron chi connectivity index (χ0n) is 14.8. The van der Waals surface area contributed by atoms with E-state index in [1.54, 1.807) is 0 Å². The van der Waals surface area contributed by atoms with Crippen molar-refractivity contribution in [2.45, 2.75) is 57.5 Å². The van der Waals surface area contributed by atoms with E-state index in [1.165, 1.54) is 12.8 Å². The molecule has 0 bridgehead atoms. The van der Waals surface area contributed by atoms with E-state index in [0.29, 0.717) is 5.92 Å². The van der Waals surface area contributed by atoms with Gasteiger partial charge in [0.2, 0.25) is 0 Å². The molecule has 2 N–H and O–H groups in total. The largest absolute Gasteiger partial charge is 0.353 e. The molecule has 25 heavy (non-hydrogen) atoms. The number of anilines is 1. The summed E-state index contributed by atoms with van der Waals surface area (Å²) in [6, 6.07) is 4.15. The average molecular weight is 343 g/mol. The second-order valence-electron chi connectivity index (χ2n) is 7.35. The van der Waals surface area contributed by atoms with Gasteiger partial charge < -0.3 is 15.5 Å². The fraction of sp³-hybridized carbons (Fsp3) is 0.647. The fourth-order valence-corrected chi connectivity index (χ4v) is 3.35. The molecule has 2 amide bonds. The van der Waals surface area contributed by atoms with Gasteiger partial charge in [0, 0.05) is 31.1 Å². The van der Waals surface area contributed by atoms with E-state index >= 15 is 0 Å². The highest BCUT2D eigenvalue weighted by Gasteiger charge is 2.30. The van der Waals surface area contributed by atoms with Crippen molar-refractivity contribution < 1.29 is 4.79 Å². The van der Waals surface area contributed by atoms with Crippen LogP contribution in [0.15, 0.2) is 12.1 Å². The minimum atomic E-state index is -0.0971. The topological polar surface area (TPSA) is 87.5 Å². The predicted octanol–water partition coefficient (Wildman–Crippen LogP) is 1.68. The Bertz CT molecular complexity index is 767. The molecular formula is C17H25N7O. The van der Waals surface area contributed by atoms with E-state index in [0.717, 1.165) is 43.2 Å². The van der Waals surface area contributed by atoms with Gasteiger partial charge in [-0.1, -0.05) is 0 Å². The number of hydrogen-bond donors (Lipinski definition) is 2. The summed E-state index contributed by atoms with van der Waals surface area (Å²) in [4.78, 5) is 14.2. The van der Waals surface area contributed by atoms with Gasteiger partial charge in [-0.05, 0) is 51.7 Å². The standard InChI is InChI=1S/C17H25N7O/c1-11(2)18-17(25)19-13-4-3-9-23(10-13)15-8-7-14-20-21-16(12-5-6-12)24(14)22-15/h7-8,11-13H,3-6,9-10H2,1-2H3,(H2,18,19,25). The van der Waals surface area contributed by atoms with Crippen molar-refractivity contribution in [3.63, 3.8) is 0 Å². The van der Waals surface area contributed by atoms with Crippen molar-refractivity contribution >= 4 is 17.5 Å². The van der Waals surface area contributed by atoms with E-state index < -0.39 is 0 Å². The molecule has 8 nitrogen and oxygen atoms in total. The van der Waals surface area contributed by atoms with E-state index in [-0.39, 0.29) is 18.1 Å². The lowest BCUT2D eigenvalue weighted by Gasteiger charge is -2.34. The maximum atomic E-state index is 12.0. The summed E-state index contributed by atoms with van der Waals surface area (Å²) in [6.07, 6.45) is 4.37. The SMILES string of the molecule is CC(C)NC(=O)NC1CCCN(c2ccc3nnc(C4CC4)n3n2)C1. The number of fused-ring (bicyclic) bond motifs is 1. The second kappa shape index (κ2) is 6.50. The highest BCUT2D eigenvalue weighted by Crippen LogP contribution is 2.38. The minimum Gasteiger partial charge on any atom is -0.353 e. The third kappa shape index (κ3) is 3.52. The second-order valence-corrected chi connectivity index (χ2v) is 7.35. The van der Waals surface area contributed by atoms with E-state index in [9.17, 15) is 4.79 Å². The lowest BCUT2D eigenvalue weighted by molar-refractivity contribution is 0.232. The Kier molecular flexibility index (Phi) is 4.19. The smallest absolute Gasteiger partial charge is 0.315 e. The predicted molar refractivity (Wildman–Crippen MR) is 94.8 cm³/mol. The van der Waals surface area contributed by atoms with Crippen LogP contribution in [0.25, 0.3) is 5.65 Å².